The van der Waals surface area contributed by atoms with Crippen LogP contribution in [0.5, 0.6) is 0 Å². The summed E-state index contributed by atoms with van der Waals surface area (Å²) in [6.45, 7) is 10.9. The molecule has 0 bridgehead atoms. The van der Waals surface area contributed by atoms with Gasteiger partial charge in [0.15, 0.2) is 0 Å². The van der Waals surface area contributed by atoms with E-state index in [2.05, 4.69) is 38.9 Å². The molecule has 0 amide bonds. The molecular weight excluding hydrogens is 390 g/mol. The molecule has 0 spiro atoms. The van der Waals surface area contributed by atoms with E-state index in [1.165, 1.54) is 70.6 Å². The molecule has 32 heavy (non-hydrogen) atoms. The summed E-state index contributed by atoms with van der Waals surface area (Å²) in [5, 5.41) is 13.6. The molecule has 3 heteroatoms. The maximum atomic E-state index is 9.16. The summed E-state index contributed by atoms with van der Waals surface area (Å²) in [7, 11) is 0. The second kappa shape index (κ2) is 8.48. The highest BCUT2D eigenvalue weighted by molar-refractivity contribution is 5.21. The normalized spacial score (nSPS) is 44.2. The van der Waals surface area contributed by atoms with E-state index in [9.17, 15) is 0 Å². The molecule has 0 aliphatic heterocycles. The fourth-order valence-electron chi connectivity index (χ4n) is 9.86. The Morgan fingerprint density at radius 2 is 1.88 bits per heavy atom. The van der Waals surface area contributed by atoms with Crippen molar-refractivity contribution in [2.45, 2.75) is 105 Å². The largest absolute Gasteiger partial charge is 0.271 e. The summed E-state index contributed by atoms with van der Waals surface area (Å²) < 4.78 is 2.03. The van der Waals surface area contributed by atoms with Crippen LogP contribution in [0.1, 0.15) is 104 Å². The molecule has 4 saturated carbocycles. The summed E-state index contributed by atoms with van der Waals surface area (Å²) in [6, 6.07) is 2.23. The van der Waals surface area contributed by atoms with E-state index >= 15 is 0 Å². The maximum absolute atomic E-state index is 9.16. The van der Waals surface area contributed by atoms with E-state index in [1.807, 2.05) is 10.9 Å². The first-order chi connectivity index (χ1) is 15.4. The second-order valence-corrected chi connectivity index (χ2v) is 12.7. The van der Waals surface area contributed by atoms with Crippen molar-refractivity contribution in [3.05, 3.63) is 18.0 Å². The van der Waals surface area contributed by atoms with Gasteiger partial charge in [0.05, 0.1) is 11.8 Å². The highest BCUT2D eigenvalue weighted by atomic mass is 15.3. The van der Waals surface area contributed by atoms with E-state index in [-0.39, 0.29) is 0 Å². The molecule has 1 heterocycles. The van der Waals surface area contributed by atoms with Gasteiger partial charge in [0, 0.05) is 12.7 Å². The number of hydrogen-bond donors (Lipinski definition) is 0. The van der Waals surface area contributed by atoms with Gasteiger partial charge in [0.2, 0.25) is 0 Å². The van der Waals surface area contributed by atoms with Gasteiger partial charge >= 0.3 is 0 Å². The van der Waals surface area contributed by atoms with Gasteiger partial charge in [-0.05, 0) is 116 Å². The quantitative estimate of drug-likeness (QED) is 0.481. The molecule has 0 radical (unpaired) electrons. The summed E-state index contributed by atoms with van der Waals surface area (Å²) in [5.41, 5.74) is 1.88. The molecule has 9 atom stereocenters. The van der Waals surface area contributed by atoms with E-state index in [0.717, 1.165) is 42.1 Å². The Bertz CT molecular complexity index is 851. The summed E-state index contributed by atoms with van der Waals surface area (Å²) in [6.07, 6.45) is 19.8. The van der Waals surface area contributed by atoms with Gasteiger partial charge in [-0.15, -0.1) is 0 Å². The molecule has 4 fully saturated rings. The first-order valence-electron chi connectivity index (χ1n) is 13.9. The smallest absolute Gasteiger partial charge is 0.102 e. The molecule has 7 unspecified atom stereocenters. The van der Waals surface area contributed by atoms with E-state index in [0.29, 0.717) is 22.3 Å². The zero-order chi connectivity index (χ0) is 22.5. The standard InChI is InChI=1S/C29H45N3/c1-5-28(4)13-11-23-22(15-28)7-8-25-24(23)12-14-29(6-2)26(9-10-27(25)29)20(3)18-32-19-21(16-30)17-31-32/h17,19-20,22-27H,5-15,18H2,1-4H3/t20-,22?,23?,24?,25?,26?,27?,28-,29?/m1/s1. The van der Waals surface area contributed by atoms with Crippen LogP contribution in [0.25, 0.3) is 0 Å². The zero-order valence-electron chi connectivity index (χ0n) is 21.0. The van der Waals surface area contributed by atoms with Crippen molar-refractivity contribution in [3.8, 4) is 6.07 Å². The minimum atomic E-state index is 0.561. The number of nitriles is 1. The lowest BCUT2D eigenvalue weighted by molar-refractivity contribution is -0.0920. The third-order valence-corrected chi connectivity index (χ3v) is 11.6. The Morgan fingerprint density at radius 1 is 1.06 bits per heavy atom. The first kappa shape index (κ1) is 22.5. The third kappa shape index (κ3) is 3.56. The predicted octanol–water partition coefficient (Wildman–Crippen LogP) is 7.47. The number of nitrogens with zero attached hydrogens (tertiary/aromatic N) is 3. The molecule has 4 aliphatic rings. The SMILES string of the molecule is CCC12CCC3C4CC[C@@](C)(CC)CC4CCC3C1CCC2[C@H](C)Cn1cc(C#N)cn1. The Hall–Kier alpha value is -1.30. The average Bonchev–Trinajstić information content (AvgIpc) is 3.43. The Morgan fingerprint density at radius 3 is 2.59 bits per heavy atom. The summed E-state index contributed by atoms with van der Waals surface area (Å²) >= 11 is 0. The number of fused-ring (bicyclic) bond motifs is 5. The van der Waals surface area contributed by atoms with Crippen LogP contribution in [0.3, 0.4) is 0 Å². The Labute approximate surface area is 196 Å². The summed E-state index contributed by atoms with van der Waals surface area (Å²) in [5.74, 6) is 6.51. The molecule has 3 nitrogen and oxygen atoms in total. The lowest BCUT2D eigenvalue weighted by Crippen LogP contribution is -2.50. The minimum Gasteiger partial charge on any atom is -0.271 e. The average molecular weight is 436 g/mol. The minimum absolute atomic E-state index is 0.561. The number of hydrogen-bond acceptors (Lipinski definition) is 2. The van der Waals surface area contributed by atoms with Crippen molar-refractivity contribution in [1.82, 2.24) is 9.78 Å². The van der Waals surface area contributed by atoms with Crippen molar-refractivity contribution < 1.29 is 0 Å². The summed E-state index contributed by atoms with van der Waals surface area (Å²) in [4.78, 5) is 0. The van der Waals surface area contributed by atoms with Gasteiger partial charge < -0.3 is 0 Å². The van der Waals surface area contributed by atoms with Crippen LogP contribution in [-0.2, 0) is 6.54 Å². The van der Waals surface area contributed by atoms with Crippen LogP contribution in [0.2, 0.25) is 0 Å². The predicted molar refractivity (Wildman–Crippen MR) is 130 cm³/mol. The molecule has 4 aliphatic carbocycles. The molecule has 0 aromatic carbocycles. The Kier molecular flexibility index (Phi) is 5.96. The van der Waals surface area contributed by atoms with Gasteiger partial charge in [-0.1, -0.05) is 34.1 Å². The van der Waals surface area contributed by atoms with Crippen LogP contribution in [0.4, 0.5) is 0 Å². The van der Waals surface area contributed by atoms with Gasteiger partial charge in [0.1, 0.15) is 6.07 Å². The third-order valence-electron chi connectivity index (χ3n) is 11.6. The highest BCUT2D eigenvalue weighted by Gasteiger charge is 2.59. The molecule has 0 saturated heterocycles. The zero-order valence-corrected chi connectivity index (χ0v) is 21.0. The van der Waals surface area contributed by atoms with Crippen molar-refractivity contribution in [2.24, 2.45) is 52.3 Å². The maximum Gasteiger partial charge on any atom is 0.102 e. The van der Waals surface area contributed by atoms with E-state index < -0.39 is 0 Å². The van der Waals surface area contributed by atoms with E-state index in [1.54, 1.807) is 6.20 Å². The molecule has 1 aromatic heterocycles. The van der Waals surface area contributed by atoms with Crippen molar-refractivity contribution in [1.29, 1.82) is 5.26 Å². The Balaban J connectivity index is 1.32. The monoisotopic (exact) mass is 435 g/mol. The van der Waals surface area contributed by atoms with Crippen LogP contribution < -0.4 is 0 Å². The van der Waals surface area contributed by atoms with E-state index in [4.69, 9.17) is 5.26 Å². The molecule has 5 rings (SSSR count). The highest BCUT2D eigenvalue weighted by Crippen LogP contribution is 2.67. The van der Waals surface area contributed by atoms with Gasteiger partial charge in [-0.2, -0.15) is 10.4 Å². The number of aromatic nitrogens is 2. The van der Waals surface area contributed by atoms with Crippen LogP contribution >= 0.6 is 0 Å². The molecule has 0 N–H and O–H groups in total. The topological polar surface area (TPSA) is 41.6 Å². The van der Waals surface area contributed by atoms with Gasteiger partial charge in [-0.3, -0.25) is 4.68 Å². The van der Waals surface area contributed by atoms with Crippen molar-refractivity contribution >= 4 is 0 Å². The van der Waals surface area contributed by atoms with Crippen LogP contribution in [0.15, 0.2) is 12.4 Å². The van der Waals surface area contributed by atoms with Crippen LogP contribution in [0, 0.1) is 63.6 Å². The lowest BCUT2D eigenvalue weighted by Gasteiger charge is -2.58. The lowest BCUT2D eigenvalue weighted by atomic mass is 9.47. The fraction of sp³-hybridized carbons (Fsp3) is 0.862. The molecule has 1 aromatic rings. The second-order valence-electron chi connectivity index (χ2n) is 12.7. The van der Waals surface area contributed by atoms with Crippen molar-refractivity contribution in [2.75, 3.05) is 0 Å². The van der Waals surface area contributed by atoms with Crippen LogP contribution in [-0.4, -0.2) is 9.78 Å². The van der Waals surface area contributed by atoms with Gasteiger partial charge in [-0.25, -0.2) is 0 Å². The molecular formula is C29H45N3. The van der Waals surface area contributed by atoms with Crippen molar-refractivity contribution in [3.63, 3.8) is 0 Å². The molecule has 176 valence electrons. The first-order valence-corrected chi connectivity index (χ1v) is 13.9. The van der Waals surface area contributed by atoms with Gasteiger partial charge in [0.25, 0.3) is 0 Å². The number of rotatable bonds is 5. The fourth-order valence-corrected chi connectivity index (χ4v) is 9.86.